The maximum atomic E-state index is 10.6. The summed E-state index contributed by atoms with van der Waals surface area (Å²) >= 11 is 0. The number of hydroxylamine groups is 2. The average Bonchev–Trinajstić information content (AvgIpc) is 2.20. The van der Waals surface area contributed by atoms with Crippen LogP contribution in [0.2, 0.25) is 0 Å². The van der Waals surface area contributed by atoms with Crippen LogP contribution in [0.3, 0.4) is 0 Å². The predicted molar refractivity (Wildman–Crippen MR) is 51.9 cm³/mol. The third-order valence-electron chi connectivity index (χ3n) is 1.88. The van der Waals surface area contributed by atoms with E-state index in [9.17, 15) is 4.79 Å². The summed E-state index contributed by atoms with van der Waals surface area (Å²) in [6.07, 6.45) is -0.413. The Hall–Kier alpha value is -1.55. The minimum atomic E-state index is -1.07. The van der Waals surface area contributed by atoms with E-state index >= 15 is 0 Å². The van der Waals surface area contributed by atoms with E-state index in [4.69, 9.17) is 5.11 Å². The molecule has 76 valence electrons. The van der Waals surface area contributed by atoms with Crippen LogP contribution in [0.4, 0.5) is 4.79 Å². The van der Waals surface area contributed by atoms with Crippen LogP contribution in [-0.4, -0.2) is 29.9 Å². The molecule has 0 atom stereocenters. The van der Waals surface area contributed by atoms with Crippen LogP contribution in [0.5, 0.6) is 0 Å². The first-order valence-corrected chi connectivity index (χ1v) is 4.32. The second kappa shape index (κ2) is 5.24. The van der Waals surface area contributed by atoms with Crippen molar-refractivity contribution < 1.29 is 14.7 Å². The first-order valence-electron chi connectivity index (χ1n) is 4.32. The van der Waals surface area contributed by atoms with Crippen LogP contribution in [0.15, 0.2) is 30.3 Å². The Balaban J connectivity index is 2.44. The van der Waals surface area contributed by atoms with Crippen LogP contribution in [0.1, 0.15) is 5.56 Å². The molecule has 0 aromatic heterocycles. The molecule has 1 N–H and O–H groups in total. The Labute approximate surface area is 82.7 Å². The van der Waals surface area contributed by atoms with E-state index < -0.39 is 6.09 Å². The number of hydrogen-bond acceptors (Lipinski definition) is 2. The SMILES string of the molecule is CON(CCc1ccccc1)C(=O)O. The van der Waals surface area contributed by atoms with Crippen LogP contribution >= 0.6 is 0 Å². The molecule has 0 radical (unpaired) electrons. The molecule has 0 saturated heterocycles. The van der Waals surface area contributed by atoms with Gasteiger partial charge in [0, 0.05) is 0 Å². The average molecular weight is 195 g/mol. The molecule has 0 aliphatic rings. The van der Waals surface area contributed by atoms with Gasteiger partial charge in [0.2, 0.25) is 0 Å². The summed E-state index contributed by atoms with van der Waals surface area (Å²) in [5.74, 6) is 0. The van der Waals surface area contributed by atoms with Crippen LogP contribution in [0.25, 0.3) is 0 Å². The molecule has 4 heteroatoms. The zero-order chi connectivity index (χ0) is 10.4. The Morgan fingerprint density at radius 3 is 2.57 bits per heavy atom. The molecule has 1 rings (SSSR count). The number of rotatable bonds is 4. The van der Waals surface area contributed by atoms with Crippen molar-refractivity contribution in [3.05, 3.63) is 35.9 Å². The lowest BCUT2D eigenvalue weighted by atomic mass is 10.1. The standard InChI is InChI=1S/C10H13NO3/c1-14-11(10(12)13)8-7-9-5-3-2-4-6-9/h2-6H,7-8H2,1H3,(H,12,13). The Morgan fingerprint density at radius 2 is 2.07 bits per heavy atom. The summed E-state index contributed by atoms with van der Waals surface area (Å²) < 4.78 is 0. The Kier molecular flexibility index (Phi) is 3.94. The first kappa shape index (κ1) is 10.5. The number of carbonyl (C=O) groups is 1. The zero-order valence-electron chi connectivity index (χ0n) is 8.01. The van der Waals surface area contributed by atoms with Gasteiger partial charge >= 0.3 is 6.09 Å². The second-order valence-electron chi connectivity index (χ2n) is 2.80. The first-order chi connectivity index (χ1) is 6.74. The zero-order valence-corrected chi connectivity index (χ0v) is 8.01. The summed E-state index contributed by atoms with van der Waals surface area (Å²) in [7, 11) is 1.35. The highest BCUT2D eigenvalue weighted by atomic mass is 16.7. The predicted octanol–water partition coefficient (Wildman–Crippen LogP) is 1.77. The van der Waals surface area contributed by atoms with Crippen molar-refractivity contribution in [2.24, 2.45) is 0 Å². The molecule has 0 saturated carbocycles. The third kappa shape index (κ3) is 3.06. The topological polar surface area (TPSA) is 49.8 Å². The largest absolute Gasteiger partial charge is 0.463 e. The van der Waals surface area contributed by atoms with E-state index in [1.165, 1.54) is 7.11 Å². The fourth-order valence-corrected chi connectivity index (χ4v) is 1.14. The summed E-state index contributed by atoms with van der Waals surface area (Å²) in [5, 5.41) is 9.56. The van der Waals surface area contributed by atoms with Crippen molar-refractivity contribution in [3.63, 3.8) is 0 Å². The summed E-state index contributed by atoms with van der Waals surface area (Å²) in [6.45, 7) is 0.343. The normalized spacial score (nSPS) is 9.79. The summed E-state index contributed by atoms with van der Waals surface area (Å²) in [6, 6.07) is 9.68. The third-order valence-corrected chi connectivity index (χ3v) is 1.88. The minimum Gasteiger partial charge on any atom is -0.463 e. The van der Waals surface area contributed by atoms with Gasteiger partial charge < -0.3 is 5.11 Å². The minimum absolute atomic E-state index is 0.343. The van der Waals surface area contributed by atoms with Crippen LogP contribution in [-0.2, 0) is 11.3 Å². The highest BCUT2D eigenvalue weighted by Gasteiger charge is 2.09. The van der Waals surface area contributed by atoms with E-state index in [2.05, 4.69) is 4.84 Å². The van der Waals surface area contributed by atoms with Gasteiger partial charge in [-0.2, -0.15) is 5.06 Å². The van der Waals surface area contributed by atoms with Gasteiger partial charge in [0.25, 0.3) is 0 Å². The number of benzene rings is 1. The van der Waals surface area contributed by atoms with Gasteiger partial charge in [0.15, 0.2) is 0 Å². The molecular formula is C10H13NO3. The Bertz CT molecular complexity index is 287. The molecule has 0 unspecified atom stereocenters. The van der Waals surface area contributed by atoms with Crippen molar-refractivity contribution in [1.82, 2.24) is 5.06 Å². The molecular weight excluding hydrogens is 182 g/mol. The molecule has 0 spiro atoms. The van der Waals surface area contributed by atoms with Crippen molar-refractivity contribution >= 4 is 6.09 Å². The van der Waals surface area contributed by atoms with Crippen molar-refractivity contribution in [1.29, 1.82) is 0 Å². The lowest BCUT2D eigenvalue weighted by Crippen LogP contribution is -2.30. The molecule has 0 heterocycles. The second-order valence-corrected chi connectivity index (χ2v) is 2.80. The van der Waals surface area contributed by atoms with Gasteiger partial charge in [-0.15, -0.1) is 0 Å². The van der Waals surface area contributed by atoms with E-state index in [0.29, 0.717) is 13.0 Å². The van der Waals surface area contributed by atoms with Gasteiger partial charge in [-0.3, -0.25) is 4.84 Å². The molecule has 0 bridgehead atoms. The van der Waals surface area contributed by atoms with Gasteiger partial charge in [-0.1, -0.05) is 30.3 Å². The van der Waals surface area contributed by atoms with E-state index in [1.807, 2.05) is 30.3 Å². The summed E-state index contributed by atoms with van der Waals surface area (Å²) in [4.78, 5) is 15.2. The monoisotopic (exact) mass is 195 g/mol. The lowest BCUT2D eigenvalue weighted by molar-refractivity contribution is -0.101. The van der Waals surface area contributed by atoms with E-state index in [0.717, 1.165) is 10.6 Å². The van der Waals surface area contributed by atoms with Crippen LogP contribution in [0, 0.1) is 0 Å². The smallest absolute Gasteiger partial charge is 0.431 e. The van der Waals surface area contributed by atoms with E-state index in [-0.39, 0.29) is 0 Å². The maximum Gasteiger partial charge on any atom is 0.431 e. The van der Waals surface area contributed by atoms with Crippen molar-refractivity contribution in [2.75, 3.05) is 13.7 Å². The number of nitrogens with zero attached hydrogens (tertiary/aromatic N) is 1. The summed E-state index contributed by atoms with van der Waals surface area (Å²) in [5.41, 5.74) is 1.09. The Morgan fingerprint density at radius 1 is 1.43 bits per heavy atom. The maximum absolute atomic E-state index is 10.6. The van der Waals surface area contributed by atoms with Crippen molar-refractivity contribution in [2.45, 2.75) is 6.42 Å². The van der Waals surface area contributed by atoms with Gasteiger partial charge in [-0.05, 0) is 12.0 Å². The molecule has 1 aromatic carbocycles. The fourth-order valence-electron chi connectivity index (χ4n) is 1.14. The molecule has 4 nitrogen and oxygen atoms in total. The lowest BCUT2D eigenvalue weighted by Gasteiger charge is -2.15. The highest BCUT2D eigenvalue weighted by Crippen LogP contribution is 2.01. The number of hydrogen-bond donors (Lipinski definition) is 1. The van der Waals surface area contributed by atoms with Gasteiger partial charge in [0.05, 0.1) is 13.7 Å². The van der Waals surface area contributed by atoms with E-state index in [1.54, 1.807) is 0 Å². The number of carboxylic acid groups (broad SMARTS) is 1. The quantitative estimate of drug-likeness (QED) is 0.745. The fraction of sp³-hybridized carbons (Fsp3) is 0.300. The van der Waals surface area contributed by atoms with Crippen molar-refractivity contribution in [3.8, 4) is 0 Å². The highest BCUT2D eigenvalue weighted by molar-refractivity contribution is 5.63. The molecule has 14 heavy (non-hydrogen) atoms. The van der Waals surface area contributed by atoms with Gasteiger partial charge in [-0.25, -0.2) is 4.79 Å². The molecule has 0 fully saturated rings. The van der Waals surface area contributed by atoms with Gasteiger partial charge in [0.1, 0.15) is 0 Å². The molecule has 0 aliphatic carbocycles. The molecule has 0 aliphatic heterocycles. The van der Waals surface area contributed by atoms with Crippen LogP contribution < -0.4 is 0 Å². The molecule has 1 aromatic rings. The molecule has 1 amide bonds. The number of amides is 1.